The fraction of sp³-hybridized carbons (Fsp3) is 0.714. The second kappa shape index (κ2) is 7.98. The van der Waals surface area contributed by atoms with Crippen LogP contribution >= 0.6 is 0 Å². The number of hydrogen-bond acceptors (Lipinski definition) is 3. The van der Waals surface area contributed by atoms with Crippen molar-refractivity contribution in [3.63, 3.8) is 0 Å². The molecule has 0 aromatic rings. The summed E-state index contributed by atoms with van der Waals surface area (Å²) < 4.78 is 0. The minimum atomic E-state index is -0.833. The number of hydrogen-bond donors (Lipinski definition) is 2. The lowest BCUT2D eigenvalue weighted by molar-refractivity contribution is -0.134. The normalized spacial score (nSPS) is 8.25. The maximum atomic E-state index is 9.00. The smallest absolute Gasteiger partial charge is 0.300 e. The fourth-order valence-electron chi connectivity index (χ4n) is 0.193. The van der Waals surface area contributed by atoms with E-state index in [1.54, 1.807) is 13.8 Å². The molecule has 0 spiro atoms. The Bertz CT molecular complexity index is 150. The van der Waals surface area contributed by atoms with E-state index >= 15 is 0 Å². The van der Waals surface area contributed by atoms with Crippen molar-refractivity contribution in [1.29, 1.82) is 5.26 Å². The van der Waals surface area contributed by atoms with Crippen LogP contribution in [0.5, 0.6) is 0 Å². The quantitative estimate of drug-likeness (QED) is 0.583. The number of nitriles is 1. The van der Waals surface area contributed by atoms with E-state index < -0.39 is 11.6 Å². The molecule has 0 aliphatic rings. The Kier molecular flexibility index (Phi) is 11.4. The van der Waals surface area contributed by atoms with Gasteiger partial charge in [0, 0.05) is 6.92 Å². The summed E-state index contributed by atoms with van der Waals surface area (Å²) in [5.41, 5.74) is -0.811. The minimum Gasteiger partial charge on any atom is -0.481 e. The number of carboxylic acids is 1. The van der Waals surface area contributed by atoms with Crippen LogP contribution < -0.4 is 0 Å². The summed E-state index contributed by atoms with van der Waals surface area (Å²) in [6, 6.07) is 1.86. The Morgan fingerprint density at radius 3 is 1.83 bits per heavy atom. The second-order valence-electron chi connectivity index (χ2n) is 2.67. The molecule has 0 bridgehead atoms. The third-order valence-corrected chi connectivity index (χ3v) is 0.512. The van der Waals surface area contributed by atoms with E-state index in [0.717, 1.165) is 6.92 Å². The fourth-order valence-corrected chi connectivity index (χ4v) is 0.193. The molecule has 0 radical (unpaired) electrons. The molecule has 0 aromatic carbocycles. The summed E-state index contributed by atoms with van der Waals surface area (Å²) in [6.07, 6.45) is 0.201. The first-order valence-corrected chi connectivity index (χ1v) is 3.08. The Morgan fingerprint density at radius 2 is 1.83 bits per heavy atom. The van der Waals surface area contributed by atoms with Gasteiger partial charge in [0.15, 0.2) is 0 Å². The third-order valence-electron chi connectivity index (χ3n) is 0.512. The highest BCUT2D eigenvalue weighted by Crippen LogP contribution is 2.03. The molecule has 0 atom stereocenters. The van der Waals surface area contributed by atoms with Gasteiger partial charge in [-0.2, -0.15) is 5.26 Å². The Balaban J connectivity index is -0.000000142. The zero-order chi connectivity index (χ0) is 9.49. The molecule has 0 aliphatic carbocycles. The molecule has 0 aromatic heterocycles. The van der Waals surface area contributed by atoms with Crippen LogP contribution in [0.1, 0.15) is 27.2 Å². The van der Waals surface area contributed by atoms with Crippen LogP contribution in [0.3, 0.4) is 0 Å². The van der Waals surface area contributed by atoms with Crippen molar-refractivity contribution in [3.05, 3.63) is 0 Å². The van der Waals surface area contributed by atoms with Crippen LogP contribution in [0.4, 0.5) is 0 Å². The molecule has 0 aliphatic heterocycles. The standard InChI is InChI=1S/C5H9NO.C2H4O2.H2O/c1-5(2,7)3-4-6;1-2(3)4;/h7H,3H2,1-2H3;1H3,(H,3,4);1H2. The lowest BCUT2D eigenvalue weighted by Gasteiger charge is -2.09. The lowest BCUT2D eigenvalue weighted by atomic mass is 10.1. The Labute approximate surface area is 71.6 Å². The van der Waals surface area contributed by atoms with Crippen LogP contribution in [-0.2, 0) is 4.79 Å². The van der Waals surface area contributed by atoms with Gasteiger partial charge in [-0.1, -0.05) is 0 Å². The van der Waals surface area contributed by atoms with Crippen molar-refractivity contribution in [2.24, 2.45) is 0 Å². The first-order valence-electron chi connectivity index (χ1n) is 3.08. The van der Waals surface area contributed by atoms with E-state index in [2.05, 4.69) is 0 Å². The molecular formula is C7H15NO4. The molecule has 5 heteroatoms. The molecule has 0 fully saturated rings. The van der Waals surface area contributed by atoms with Gasteiger partial charge in [0.25, 0.3) is 5.97 Å². The van der Waals surface area contributed by atoms with E-state index in [9.17, 15) is 0 Å². The summed E-state index contributed by atoms with van der Waals surface area (Å²) in [6.45, 7) is 4.30. The maximum absolute atomic E-state index is 9.00. The van der Waals surface area contributed by atoms with E-state index in [1.807, 2.05) is 6.07 Å². The molecular weight excluding hydrogens is 162 g/mol. The van der Waals surface area contributed by atoms with Gasteiger partial charge in [-0.25, -0.2) is 0 Å². The van der Waals surface area contributed by atoms with E-state index in [0.29, 0.717) is 0 Å². The van der Waals surface area contributed by atoms with Gasteiger partial charge in [0.1, 0.15) is 0 Å². The van der Waals surface area contributed by atoms with Crippen LogP contribution in [0.15, 0.2) is 0 Å². The van der Waals surface area contributed by atoms with Gasteiger partial charge in [-0.05, 0) is 13.8 Å². The van der Waals surface area contributed by atoms with Crippen molar-refractivity contribution in [3.8, 4) is 6.07 Å². The monoisotopic (exact) mass is 177 g/mol. The number of aliphatic hydroxyl groups is 1. The van der Waals surface area contributed by atoms with Gasteiger partial charge in [-0.15, -0.1) is 0 Å². The van der Waals surface area contributed by atoms with Crippen molar-refractivity contribution in [2.75, 3.05) is 0 Å². The van der Waals surface area contributed by atoms with Crippen molar-refractivity contribution in [2.45, 2.75) is 32.8 Å². The van der Waals surface area contributed by atoms with Crippen molar-refractivity contribution < 1.29 is 20.5 Å². The Hall–Kier alpha value is -1.12. The highest BCUT2D eigenvalue weighted by molar-refractivity contribution is 5.62. The molecule has 4 N–H and O–H groups in total. The van der Waals surface area contributed by atoms with E-state index in [4.69, 9.17) is 20.3 Å². The predicted octanol–water partition coefficient (Wildman–Crippen LogP) is -0.0628. The van der Waals surface area contributed by atoms with Crippen molar-refractivity contribution >= 4 is 5.97 Å². The largest absolute Gasteiger partial charge is 0.481 e. The minimum absolute atomic E-state index is 0. The summed E-state index contributed by atoms with van der Waals surface area (Å²) in [5, 5.41) is 24.2. The average molecular weight is 177 g/mol. The van der Waals surface area contributed by atoms with Crippen molar-refractivity contribution in [1.82, 2.24) is 0 Å². The molecule has 12 heavy (non-hydrogen) atoms. The molecule has 72 valence electrons. The number of nitrogens with zero attached hydrogens (tertiary/aromatic N) is 1. The number of aliphatic carboxylic acids is 1. The maximum Gasteiger partial charge on any atom is 0.300 e. The highest BCUT2D eigenvalue weighted by atomic mass is 16.4. The molecule has 5 nitrogen and oxygen atoms in total. The van der Waals surface area contributed by atoms with Gasteiger partial charge < -0.3 is 15.7 Å². The predicted molar refractivity (Wildman–Crippen MR) is 43.5 cm³/mol. The van der Waals surface area contributed by atoms with Crippen LogP contribution in [0.2, 0.25) is 0 Å². The highest BCUT2D eigenvalue weighted by Gasteiger charge is 2.09. The summed E-state index contributed by atoms with van der Waals surface area (Å²) >= 11 is 0. The van der Waals surface area contributed by atoms with E-state index in [-0.39, 0.29) is 11.9 Å². The van der Waals surface area contributed by atoms with Crippen LogP contribution in [-0.4, -0.2) is 27.3 Å². The molecule has 0 unspecified atom stereocenters. The molecule has 0 saturated heterocycles. The number of rotatable bonds is 1. The SMILES string of the molecule is CC(=O)O.CC(C)(O)CC#N.O. The molecule has 0 rings (SSSR count). The molecule has 0 saturated carbocycles. The molecule has 0 amide bonds. The average Bonchev–Trinajstić information content (AvgIpc) is 1.58. The Morgan fingerprint density at radius 1 is 1.58 bits per heavy atom. The van der Waals surface area contributed by atoms with Gasteiger partial charge >= 0.3 is 0 Å². The van der Waals surface area contributed by atoms with Crippen LogP contribution in [0.25, 0.3) is 0 Å². The molecule has 0 heterocycles. The van der Waals surface area contributed by atoms with Crippen LogP contribution in [0, 0.1) is 11.3 Å². The summed E-state index contributed by atoms with van der Waals surface area (Å²) in [4.78, 5) is 9.00. The first kappa shape index (κ1) is 17.1. The van der Waals surface area contributed by atoms with E-state index in [1.165, 1.54) is 0 Å². The van der Waals surface area contributed by atoms with Gasteiger partial charge in [0.2, 0.25) is 0 Å². The number of carboxylic acid groups (broad SMARTS) is 1. The second-order valence-corrected chi connectivity index (χ2v) is 2.67. The van der Waals surface area contributed by atoms with Gasteiger partial charge in [0.05, 0.1) is 18.1 Å². The third kappa shape index (κ3) is 66.5. The lowest BCUT2D eigenvalue weighted by Crippen LogP contribution is -2.16. The summed E-state index contributed by atoms with van der Waals surface area (Å²) in [5.74, 6) is -0.833. The topological polar surface area (TPSA) is 113 Å². The number of carbonyl (C=O) groups is 1. The summed E-state index contributed by atoms with van der Waals surface area (Å²) in [7, 11) is 0. The zero-order valence-corrected chi connectivity index (χ0v) is 7.46. The van der Waals surface area contributed by atoms with Gasteiger partial charge in [-0.3, -0.25) is 4.79 Å². The zero-order valence-electron chi connectivity index (χ0n) is 7.46. The first-order chi connectivity index (χ1) is 4.79.